The Balaban J connectivity index is 2.71. The van der Waals surface area contributed by atoms with Crippen molar-refractivity contribution in [2.75, 3.05) is 0 Å². The summed E-state index contributed by atoms with van der Waals surface area (Å²) in [6, 6.07) is 7.46. The summed E-state index contributed by atoms with van der Waals surface area (Å²) < 4.78 is 24.7. The molecular formula is C10H13O4S-. The third-order valence-electron chi connectivity index (χ3n) is 2.21. The molecule has 0 bridgehead atoms. The summed E-state index contributed by atoms with van der Waals surface area (Å²) >= 11 is -2.69. The van der Waals surface area contributed by atoms with E-state index in [9.17, 15) is 13.9 Å². The van der Waals surface area contributed by atoms with Crippen molar-refractivity contribution in [2.24, 2.45) is 0 Å². The second-order valence-electron chi connectivity index (χ2n) is 3.39. The van der Waals surface area contributed by atoms with E-state index in [4.69, 9.17) is 0 Å². The molecule has 0 fully saturated rings. The lowest BCUT2D eigenvalue weighted by Gasteiger charge is -2.20. The van der Waals surface area contributed by atoms with Gasteiger partial charge in [0.25, 0.3) is 0 Å². The average Bonchev–Trinajstić information content (AvgIpc) is 2.17. The number of aliphatic hydroxyl groups is 1. The molecule has 1 aromatic carbocycles. The Morgan fingerprint density at radius 1 is 1.40 bits per heavy atom. The van der Waals surface area contributed by atoms with E-state index in [0.29, 0.717) is 0 Å². The van der Waals surface area contributed by atoms with E-state index in [1.807, 2.05) is 31.2 Å². The van der Waals surface area contributed by atoms with Crippen molar-refractivity contribution in [3.63, 3.8) is 0 Å². The average molecular weight is 229 g/mol. The van der Waals surface area contributed by atoms with Gasteiger partial charge in [0.2, 0.25) is 0 Å². The molecule has 3 atom stereocenters. The van der Waals surface area contributed by atoms with Crippen LogP contribution >= 0.6 is 0 Å². The quantitative estimate of drug-likeness (QED) is 0.622. The van der Waals surface area contributed by atoms with Crippen LogP contribution in [0.1, 0.15) is 24.0 Å². The standard InChI is InChI=1S/C10H14O4S/c1-7-3-5-9(6-4-7)8(2)10(11)14-15(12)13/h3-6,8,10-11H,1-2H3,(H,12,13)/p-1. The molecule has 15 heavy (non-hydrogen) atoms. The molecule has 0 radical (unpaired) electrons. The Morgan fingerprint density at radius 2 is 1.93 bits per heavy atom. The minimum Gasteiger partial charge on any atom is -0.750 e. The largest absolute Gasteiger partial charge is 0.750 e. The molecule has 0 heterocycles. The zero-order valence-electron chi connectivity index (χ0n) is 8.54. The summed E-state index contributed by atoms with van der Waals surface area (Å²) in [5.74, 6) is -0.386. The van der Waals surface area contributed by atoms with Crippen LogP contribution in [0, 0.1) is 6.92 Å². The number of aliphatic hydroxyl groups excluding tert-OH is 1. The number of hydrogen-bond acceptors (Lipinski definition) is 4. The zero-order chi connectivity index (χ0) is 11.4. The van der Waals surface area contributed by atoms with Crippen LogP contribution in [0.25, 0.3) is 0 Å². The van der Waals surface area contributed by atoms with Crippen LogP contribution in [-0.2, 0) is 15.5 Å². The fourth-order valence-electron chi connectivity index (χ4n) is 1.20. The molecule has 4 nitrogen and oxygen atoms in total. The third-order valence-corrected chi connectivity index (χ3v) is 2.56. The highest BCUT2D eigenvalue weighted by Crippen LogP contribution is 2.20. The first-order valence-electron chi connectivity index (χ1n) is 4.51. The molecule has 0 spiro atoms. The van der Waals surface area contributed by atoms with Crippen molar-refractivity contribution in [3.05, 3.63) is 35.4 Å². The molecule has 0 amide bonds. The van der Waals surface area contributed by atoms with Gasteiger partial charge in [-0.1, -0.05) is 36.8 Å². The van der Waals surface area contributed by atoms with Crippen LogP contribution in [0.15, 0.2) is 24.3 Å². The van der Waals surface area contributed by atoms with Crippen LogP contribution in [0.2, 0.25) is 0 Å². The minimum atomic E-state index is -2.69. The van der Waals surface area contributed by atoms with Gasteiger partial charge in [-0.15, -0.1) is 0 Å². The Hall–Kier alpha value is -0.750. The second kappa shape index (κ2) is 5.37. The minimum absolute atomic E-state index is 0.386. The van der Waals surface area contributed by atoms with E-state index in [0.717, 1.165) is 11.1 Å². The first-order chi connectivity index (χ1) is 7.00. The predicted octanol–water partition coefficient (Wildman–Crippen LogP) is 1.23. The van der Waals surface area contributed by atoms with E-state index in [2.05, 4.69) is 4.18 Å². The molecule has 1 rings (SSSR count). The molecular weight excluding hydrogens is 216 g/mol. The maximum Gasteiger partial charge on any atom is 0.175 e. The number of aryl methyl sites for hydroxylation is 1. The van der Waals surface area contributed by atoms with Gasteiger partial charge in [0.1, 0.15) is 0 Å². The number of rotatable bonds is 4. The van der Waals surface area contributed by atoms with E-state index >= 15 is 0 Å². The van der Waals surface area contributed by atoms with Crippen molar-refractivity contribution < 1.29 is 18.1 Å². The lowest BCUT2D eigenvalue weighted by molar-refractivity contribution is -0.0306. The molecule has 1 aromatic rings. The Morgan fingerprint density at radius 3 is 2.40 bits per heavy atom. The van der Waals surface area contributed by atoms with Gasteiger partial charge in [0, 0.05) is 5.92 Å². The lowest BCUT2D eigenvalue weighted by Crippen LogP contribution is -2.20. The van der Waals surface area contributed by atoms with Crippen molar-refractivity contribution in [2.45, 2.75) is 26.1 Å². The highest BCUT2D eigenvalue weighted by molar-refractivity contribution is 7.74. The molecule has 0 aliphatic rings. The van der Waals surface area contributed by atoms with Gasteiger partial charge in [-0.05, 0) is 12.5 Å². The third kappa shape index (κ3) is 3.71. The topological polar surface area (TPSA) is 69.6 Å². The predicted molar refractivity (Wildman–Crippen MR) is 55.6 cm³/mol. The summed E-state index contributed by atoms with van der Waals surface area (Å²) in [7, 11) is 0. The van der Waals surface area contributed by atoms with Gasteiger partial charge < -0.3 is 9.66 Å². The lowest BCUT2D eigenvalue weighted by atomic mass is 10.00. The number of hydrogen-bond donors (Lipinski definition) is 1. The van der Waals surface area contributed by atoms with E-state index in [1.54, 1.807) is 6.92 Å². The normalized spacial score (nSPS) is 17.1. The maximum absolute atomic E-state index is 10.2. The molecule has 0 saturated heterocycles. The van der Waals surface area contributed by atoms with Gasteiger partial charge in [0.05, 0.1) is 11.4 Å². The zero-order valence-corrected chi connectivity index (χ0v) is 9.36. The van der Waals surface area contributed by atoms with Crippen LogP contribution in [0.3, 0.4) is 0 Å². The molecule has 1 N–H and O–H groups in total. The molecule has 0 aliphatic carbocycles. The fourth-order valence-corrected chi connectivity index (χ4v) is 1.53. The van der Waals surface area contributed by atoms with Crippen LogP contribution in [-0.4, -0.2) is 20.2 Å². The van der Waals surface area contributed by atoms with E-state index < -0.39 is 17.7 Å². The van der Waals surface area contributed by atoms with Gasteiger partial charge >= 0.3 is 0 Å². The highest BCUT2D eigenvalue weighted by Gasteiger charge is 2.16. The smallest absolute Gasteiger partial charge is 0.175 e. The molecule has 0 aliphatic heterocycles. The van der Waals surface area contributed by atoms with Crippen molar-refractivity contribution in [1.82, 2.24) is 0 Å². The molecule has 0 saturated carbocycles. The van der Waals surface area contributed by atoms with Crippen molar-refractivity contribution in [3.8, 4) is 0 Å². The molecule has 84 valence electrons. The summed E-state index contributed by atoms with van der Waals surface area (Å²) in [5, 5.41) is 9.40. The Labute approximate surface area is 91.4 Å². The SMILES string of the molecule is Cc1ccc(C(C)C(O)OS(=O)[O-])cc1. The van der Waals surface area contributed by atoms with E-state index in [1.165, 1.54) is 0 Å². The summed E-state index contributed by atoms with van der Waals surface area (Å²) in [6.45, 7) is 3.65. The summed E-state index contributed by atoms with van der Waals surface area (Å²) in [6.07, 6.45) is -1.34. The van der Waals surface area contributed by atoms with Gasteiger partial charge in [-0.2, -0.15) is 0 Å². The van der Waals surface area contributed by atoms with Crippen LogP contribution < -0.4 is 0 Å². The van der Waals surface area contributed by atoms with Crippen LogP contribution in [0.4, 0.5) is 0 Å². The van der Waals surface area contributed by atoms with Gasteiger partial charge in [0.15, 0.2) is 6.29 Å². The molecule has 5 heteroatoms. The van der Waals surface area contributed by atoms with Gasteiger partial charge in [-0.25, -0.2) is 4.21 Å². The van der Waals surface area contributed by atoms with Crippen molar-refractivity contribution in [1.29, 1.82) is 0 Å². The Kier molecular flexibility index (Phi) is 4.41. The fraction of sp³-hybridized carbons (Fsp3) is 0.400. The summed E-state index contributed by atoms with van der Waals surface area (Å²) in [4.78, 5) is 0. The second-order valence-corrected chi connectivity index (χ2v) is 3.99. The highest BCUT2D eigenvalue weighted by atomic mass is 32.2. The Bertz CT molecular complexity index is 336. The van der Waals surface area contributed by atoms with E-state index in [-0.39, 0.29) is 5.92 Å². The number of benzene rings is 1. The summed E-state index contributed by atoms with van der Waals surface area (Å²) in [5.41, 5.74) is 1.94. The van der Waals surface area contributed by atoms with Crippen LogP contribution in [0.5, 0.6) is 0 Å². The van der Waals surface area contributed by atoms with Crippen molar-refractivity contribution >= 4 is 11.4 Å². The first kappa shape index (κ1) is 12.3. The van der Waals surface area contributed by atoms with Gasteiger partial charge in [-0.3, -0.25) is 4.18 Å². The molecule has 0 aromatic heterocycles. The molecule has 3 unspecified atom stereocenters. The maximum atomic E-state index is 10.2. The monoisotopic (exact) mass is 229 g/mol. The first-order valence-corrected chi connectivity index (χ1v) is 5.51.